The quantitative estimate of drug-likeness (QED) is 0.810. The molecule has 18 heavy (non-hydrogen) atoms. The fourth-order valence-electron chi connectivity index (χ4n) is 1.13. The lowest BCUT2D eigenvalue weighted by molar-refractivity contribution is -0.118. The van der Waals surface area contributed by atoms with E-state index in [0.717, 1.165) is 0 Å². The normalized spacial score (nSPS) is 12.3. The highest BCUT2D eigenvalue weighted by molar-refractivity contribution is 5.91. The highest BCUT2D eigenvalue weighted by atomic mass is 16.5. The Balaban J connectivity index is 2.50. The first kappa shape index (κ1) is 14.4. The fraction of sp³-hybridized carbons (Fsp3) is 0.538. The van der Waals surface area contributed by atoms with E-state index in [-0.39, 0.29) is 18.4 Å². The molecule has 0 aliphatic heterocycles. The second kappa shape index (κ2) is 6.96. The summed E-state index contributed by atoms with van der Waals surface area (Å²) in [6, 6.07) is 3.39. The molecule has 1 heterocycles. The molecular weight excluding hydrogens is 232 g/mol. The number of carbonyl (C=O) groups excluding carboxylic acids is 1. The Morgan fingerprint density at radius 1 is 1.50 bits per heavy atom. The van der Waals surface area contributed by atoms with Crippen LogP contribution in [0.15, 0.2) is 18.3 Å². The number of hydrogen-bond acceptors (Lipinski definition) is 4. The minimum Gasteiger partial charge on any atom is -0.475 e. The predicted molar refractivity (Wildman–Crippen MR) is 69.5 cm³/mol. The lowest BCUT2D eigenvalue weighted by Crippen LogP contribution is -2.18. The number of aromatic nitrogens is 1. The van der Waals surface area contributed by atoms with Crippen molar-refractivity contribution in [3.05, 3.63) is 18.3 Å². The summed E-state index contributed by atoms with van der Waals surface area (Å²) in [6.07, 6.45) is 1.70. The third-order valence-electron chi connectivity index (χ3n) is 2.42. The zero-order valence-corrected chi connectivity index (χ0v) is 11.0. The van der Waals surface area contributed by atoms with E-state index in [2.05, 4.69) is 10.3 Å². The van der Waals surface area contributed by atoms with Gasteiger partial charge in [-0.15, -0.1) is 0 Å². The predicted octanol–water partition coefficient (Wildman–Crippen LogP) is 1.83. The van der Waals surface area contributed by atoms with Crippen LogP contribution in [-0.4, -0.2) is 28.7 Å². The van der Waals surface area contributed by atoms with Gasteiger partial charge in [-0.2, -0.15) is 0 Å². The molecule has 0 aromatic carbocycles. The molecule has 0 aliphatic rings. The van der Waals surface area contributed by atoms with Crippen LogP contribution in [0.4, 0.5) is 5.69 Å². The number of rotatable bonds is 6. The number of anilines is 1. The van der Waals surface area contributed by atoms with Gasteiger partial charge in [-0.1, -0.05) is 20.8 Å². The number of nitrogens with zero attached hydrogens (tertiary/aromatic N) is 1. The van der Waals surface area contributed by atoms with Crippen LogP contribution in [-0.2, 0) is 4.79 Å². The second-order valence-corrected chi connectivity index (χ2v) is 4.40. The van der Waals surface area contributed by atoms with Crippen LogP contribution in [0.25, 0.3) is 0 Å². The minimum absolute atomic E-state index is 0.0492. The van der Waals surface area contributed by atoms with Crippen LogP contribution in [0.5, 0.6) is 5.88 Å². The van der Waals surface area contributed by atoms with E-state index < -0.39 is 6.10 Å². The van der Waals surface area contributed by atoms with E-state index in [1.165, 1.54) is 6.20 Å². The van der Waals surface area contributed by atoms with Gasteiger partial charge in [-0.25, -0.2) is 4.98 Å². The zero-order valence-electron chi connectivity index (χ0n) is 11.0. The highest BCUT2D eigenvalue weighted by Crippen LogP contribution is 2.13. The number of amides is 1. The van der Waals surface area contributed by atoms with Gasteiger partial charge in [0, 0.05) is 12.0 Å². The molecule has 100 valence electrons. The van der Waals surface area contributed by atoms with Gasteiger partial charge in [0.15, 0.2) is 0 Å². The highest BCUT2D eigenvalue weighted by Gasteiger charge is 2.07. The molecule has 0 saturated carbocycles. The third-order valence-corrected chi connectivity index (χ3v) is 2.42. The van der Waals surface area contributed by atoms with E-state index in [0.29, 0.717) is 18.0 Å². The first-order chi connectivity index (χ1) is 8.52. The molecule has 0 bridgehead atoms. The number of aliphatic hydroxyl groups excluding tert-OH is 1. The summed E-state index contributed by atoms with van der Waals surface area (Å²) in [6.45, 7) is 5.76. The third kappa shape index (κ3) is 4.71. The van der Waals surface area contributed by atoms with Crippen LogP contribution in [0.2, 0.25) is 0 Å². The maximum atomic E-state index is 11.4. The molecule has 2 N–H and O–H groups in total. The standard InChI is InChI=1S/C13H20N2O3/c1-4-11(16)8-18-12-6-5-10(7-14-12)15-13(17)9(2)3/h5-7,9,11,16H,4,8H2,1-3H3,(H,15,17)/t11-/m0/s1. The molecular formula is C13H20N2O3. The molecule has 5 heteroatoms. The first-order valence-electron chi connectivity index (χ1n) is 6.10. The molecule has 1 aromatic heterocycles. The maximum Gasteiger partial charge on any atom is 0.226 e. The molecule has 0 spiro atoms. The van der Waals surface area contributed by atoms with Gasteiger partial charge in [0.2, 0.25) is 11.8 Å². The second-order valence-electron chi connectivity index (χ2n) is 4.40. The molecule has 1 amide bonds. The summed E-state index contributed by atoms with van der Waals surface area (Å²) in [4.78, 5) is 15.5. The zero-order chi connectivity index (χ0) is 13.5. The summed E-state index contributed by atoms with van der Waals surface area (Å²) in [5.74, 6) is 0.317. The van der Waals surface area contributed by atoms with E-state index in [9.17, 15) is 9.90 Å². The SMILES string of the molecule is CC[C@H](O)COc1ccc(NC(=O)C(C)C)cn1. The van der Waals surface area contributed by atoms with Crippen LogP contribution in [0, 0.1) is 5.92 Å². The molecule has 0 unspecified atom stereocenters. The molecule has 1 atom stereocenters. The summed E-state index contributed by atoms with van der Waals surface area (Å²) in [5, 5.41) is 12.1. The Morgan fingerprint density at radius 3 is 2.72 bits per heavy atom. The summed E-state index contributed by atoms with van der Waals surface area (Å²) < 4.78 is 5.29. The Kier molecular flexibility index (Phi) is 5.58. The first-order valence-corrected chi connectivity index (χ1v) is 6.10. The average Bonchev–Trinajstić information content (AvgIpc) is 2.37. The Morgan fingerprint density at radius 2 is 2.22 bits per heavy atom. The van der Waals surface area contributed by atoms with Crippen LogP contribution in [0.1, 0.15) is 27.2 Å². The molecule has 0 aliphatic carbocycles. The van der Waals surface area contributed by atoms with Gasteiger partial charge in [-0.3, -0.25) is 4.79 Å². The molecule has 0 saturated heterocycles. The topological polar surface area (TPSA) is 71.5 Å². The number of carbonyl (C=O) groups is 1. The number of hydrogen-bond donors (Lipinski definition) is 2. The number of ether oxygens (including phenoxy) is 1. The van der Waals surface area contributed by atoms with Crippen molar-refractivity contribution in [2.75, 3.05) is 11.9 Å². The largest absolute Gasteiger partial charge is 0.475 e. The van der Waals surface area contributed by atoms with E-state index in [4.69, 9.17) is 4.74 Å². The van der Waals surface area contributed by atoms with Crippen molar-refractivity contribution in [2.45, 2.75) is 33.3 Å². The molecule has 0 fully saturated rings. The van der Waals surface area contributed by atoms with E-state index in [1.807, 2.05) is 20.8 Å². The molecule has 1 aromatic rings. The monoisotopic (exact) mass is 252 g/mol. The molecule has 5 nitrogen and oxygen atoms in total. The van der Waals surface area contributed by atoms with Crippen molar-refractivity contribution < 1.29 is 14.6 Å². The number of pyridine rings is 1. The Hall–Kier alpha value is -1.62. The van der Waals surface area contributed by atoms with E-state index >= 15 is 0 Å². The lowest BCUT2D eigenvalue weighted by atomic mass is 10.2. The van der Waals surface area contributed by atoms with Gasteiger partial charge >= 0.3 is 0 Å². The van der Waals surface area contributed by atoms with E-state index in [1.54, 1.807) is 12.1 Å². The summed E-state index contributed by atoms with van der Waals surface area (Å²) in [7, 11) is 0. The van der Waals surface area contributed by atoms with Crippen molar-refractivity contribution >= 4 is 11.6 Å². The van der Waals surface area contributed by atoms with Gasteiger partial charge < -0.3 is 15.2 Å². The van der Waals surface area contributed by atoms with Gasteiger partial charge in [0.25, 0.3) is 0 Å². The molecule has 0 radical (unpaired) electrons. The van der Waals surface area contributed by atoms with Gasteiger partial charge in [-0.05, 0) is 12.5 Å². The fourth-order valence-corrected chi connectivity index (χ4v) is 1.13. The van der Waals surface area contributed by atoms with Crippen molar-refractivity contribution in [3.8, 4) is 5.88 Å². The Labute approximate surface area is 107 Å². The minimum atomic E-state index is -0.480. The number of nitrogens with one attached hydrogen (secondary N) is 1. The van der Waals surface area contributed by atoms with Gasteiger partial charge in [0.05, 0.1) is 18.0 Å². The molecule has 1 rings (SSSR count). The number of aliphatic hydroxyl groups is 1. The average molecular weight is 252 g/mol. The maximum absolute atomic E-state index is 11.4. The van der Waals surface area contributed by atoms with Crippen LogP contribution < -0.4 is 10.1 Å². The van der Waals surface area contributed by atoms with Crippen LogP contribution in [0.3, 0.4) is 0 Å². The van der Waals surface area contributed by atoms with Crippen LogP contribution >= 0.6 is 0 Å². The van der Waals surface area contributed by atoms with Crippen molar-refractivity contribution in [3.63, 3.8) is 0 Å². The smallest absolute Gasteiger partial charge is 0.226 e. The Bertz CT molecular complexity index is 376. The lowest BCUT2D eigenvalue weighted by Gasteiger charge is -2.10. The summed E-state index contributed by atoms with van der Waals surface area (Å²) >= 11 is 0. The van der Waals surface area contributed by atoms with Crippen molar-refractivity contribution in [1.29, 1.82) is 0 Å². The van der Waals surface area contributed by atoms with Crippen molar-refractivity contribution in [2.24, 2.45) is 5.92 Å². The van der Waals surface area contributed by atoms with Gasteiger partial charge in [0.1, 0.15) is 6.61 Å². The summed E-state index contributed by atoms with van der Waals surface area (Å²) in [5.41, 5.74) is 0.636. The van der Waals surface area contributed by atoms with Crippen molar-refractivity contribution in [1.82, 2.24) is 4.98 Å².